The zero-order chi connectivity index (χ0) is 33.3. The number of esters is 1. The highest BCUT2D eigenvalue weighted by Crippen LogP contribution is 2.43. The summed E-state index contributed by atoms with van der Waals surface area (Å²) in [6, 6.07) is 0. The van der Waals surface area contributed by atoms with E-state index in [1.807, 2.05) is 71.1 Å². The maximum atomic E-state index is 13.0. The van der Waals surface area contributed by atoms with Crippen molar-refractivity contribution < 1.29 is 43.5 Å². The smallest absolute Gasteiger partial charge is 0.330 e. The molecule has 9 atom stereocenters. The molecule has 10 heteroatoms. The number of cyclic esters (lactones) is 1. The van der Waals surface area contributed by atoms with Crippen LogP contribution in [0.15, 0.2) is 64.4 Å². The first-order chi connectivity index (χ1) is 21.2. The largest absolute Gasteiger partial charge is 0.481 e. The van der Waals surface area contributed by atoms with Gasteiger partial charge in [-0.25, -0.2) is 9.78 Å². The minimum atomic E-state index is -0.967. The fourth-order valence-corrected chi connectivity index (χ4v) is 5.76. The van der Waals surface area contributed by atoms with E-state index in [0.29, 0.717) is 12.3 Å². The molecule has 0 radical (unpaired) electrons. The number of fused-ring (bicyclic) bond motifs is 1. The van der Waals surface area contributed by atoms with Gasteiger partial charge in [-0.05, 0) is 56.8 Å². The van der Waals surface area contributed by atoms with E-state index < -0.39 is 42.0 Å². The first-order valence-electron chi connectivity index (χ1n) is 15.5. The summed E-state index contributed by atoms with van der Waals surface area (Å²) in [6.07, 6.45) is 13.2. The number of allylic oxidation sites excluding steroid dienone is 5. The monoisotopic (exact) mass is 627 g/mol. The minimum Gasteiger partial charge on any atom is -0.481 e. The molecule has 3 N–H and O–H groups in total. The van der Waals surface area contributed by atoms with Gasteiger partial charge in [0.05, 0.1) is 18.3 Å². The Kier molecular flexibility index (Phi) is 13.1. The lowest BCUT2D eigenvalue weighted by Gasteiger charge is -2.32. The number of methoxy groups -OCH3 is 1. The average molecular weight is 628 g/mol. The number of oxazole rings is 1. The number of nitrogens with zero attached hydrogens (tertiary/aromatic N) is 1. The predicted octanol–water partition coefficient (Wildman–Crippen LogP) is 5.35. The van der Waals surface area contributed by atoms with E-state index in [2.05, 4.69) is 4.98 Å². The van der Waals surface area contributed by atoms with Gasteiger partial charge in [0, 0.05) is 44.8 Å². The first-order valence-corrected chi connectivity index (χ1v) is 15.5. The van der Waals surface area contributed by atoms with E-state index in [1.165, 1.54) is 6.08 Å². The molecule has 45 heavy (non-hydrogen) atoms. The van der Waals surface area contributed by atoms with Gasteiger partial charge in [0.1, 0.15) is 29.8 Å². The maximum absolute atomic E-state index is 13.0. The molecule has 0 bridgehead atoms. The van der Waals surface area contributed by atoms with Crippen molar-refractivity contribution in [2.45, 2.75) is 103 Å². The Balaban J connectivity index is 1.82. The van der Waals surface area contributed by atoms with Crippen LogP contribution >= 0.6 is 0 Å². The molecule has 0 aliphatic carbocycles. The molecule has 0 amide bonds. The zero-order valence-electron chi connectivity index (χ0n) is 27.4. The maximum Gasteiger partial charge on any atom is 0.330 e. The minimum absolute atomic E-state index is 0.114. The van der Waals surface area contributed by atoms with Crippen LogP contribution < -0.4 is 0 Å². The molecule has 0 aromatic carbocycles. The standard InChI is InChI=1S/C35H49NO9/c1-21(16-27-20-43-25(5)36-27)10-8-11-23(3)34(42-7)24(4)29-19-30(38)35(6)31(45-35)15-14-22(2)28(37)17-26(18-32(39)40)12-9-13-33(41)44-29/h8-11,13-16,20,22,24,26,28-31,34,37-38H,12,17-19H2,1-7H3,(H,39,40)/b10-8+,13-9?,15-14?,21-16-,23-11+/t22-,24+,26-,28-,29+,30+,31-,34+,35-/m1/s1. The van der Waals surface area contributed by atoms with Crippen LogP contribution in [0.1, 0.15) is 71.9 Å². The van der Waals surface area contributed by atoms with E-state index in [9.17, 15) is 24.9 Å². The zero-order valence-corrected chi connectivity index (χ0v) is 27.4. The Labute approximate surface area is 266 Å². The number of carbonyl (C=O) groups is 2. The third kappa shape index (κ3) is 10.6. The fourth-order valence-electron chi connectivity index (χ4n) is 5.76. The Bertz CT molecular complexity index is 1310. The summed E-state index contributed by atoms with van der Waals surface area (Å²) in [5.41, 5.74) is 1.74. The van der Waals surface area contributed by atoms with Crippen molar-refractivity contribution in [1.82, 2.24) is 4.98 Å². The molecule has 1 fully saturated rings. The van der Waals surface area contributed by atoms with Crippen LogP contribution in [-0.2, 0) is 23.8 Å². The Morgan fingerprint density at radius 3 is 2.62 bits per heavy atom. The number of carboxylic acid groups (broad SMARTS) is 1. The normalized spacial score (nSPS) is 31.8. The summed E-state index contributed by atoms with van der Waals surface area (Å²) in [6.45, 7) is 11.3. The lowest BCUT2D eigenvalue weighted by Crippen LogP contribution is -2.41. The molecular formula is C35H49NO9. The number of rotatable bonds is 9. The van der Waals surface area contributed by atoms with Crippen LogP contribution in [0, 0.1) is 24.7 Å². The Morgan fingerprint density at radius 2 is 1.98 bits per heavy atom. The van der Waals surface area contributed by atoms with Gasteiger partial charge >= 0.3 is 11.9 Å². The third-order valence-electron chi connectivity index (χ3n) is 8.73. The third-order valence-corrected chi connectivity index (χ3v) is 8.73. The fraction of sp³-hybridized carbons (Fsp3) is 0.571. The van der Waals surface area contributed by atoms with E-state index in [1.54, 1.807) is 26.4 Å². The summed E-state index contributed by atoms with van der Waals surface area (Å²) >= 11 is 0. The number of aliphatic carboxylic acids is 1. The number of epoxide rings is 1. The van der Waals surface area contributed by atoms with Crippen molar-refractivity contribution in [3.63, 3.8) is 0 Å². The lowest BCUT2D eigenvalue weighted by atomic mass is 9.85. The predicted molar refractivity (Wildman–Crippen MR) is 170 cm³/mol. The van der Waals surface area contributed by atoms with Gasteiger partial charge in [0.15, 0.2) is 5.89 Å². The van der Waals surface area contributed by atoms with Crippen LogP contribution in [0.4, 0.5) is 0 Å². The van der Waals surface area contributed by atoms with Crippen LogP contribution in [0.5, 0.6) is 0 Å². The number of carboxylic acids is 1. The number of hydrogen-bond acceptors (Lipinski definition) is 9. The second kappa shape index (κ2) is 16.3. The highest BCUT2D eigenvalue weighted by molar-refractivity contribution is 5.82. The number of aryl methyl sites for hydroxylation is 1. The number of aliphatic hydroxyl groups is 2. The molecule has 248 valence electrons. The summed E-state index contributed by atoms with van der Waals surface area (Å²) < 4.78 is 22.9. The second-order valence-corrected chi connectivity index (χ2v) is 12.6. The highest BCUT2D eigenvalue weighted by atomic mass is 16.6. The molecule has 0 saturated carbocycles. The van der Waals surface area contributed by atoms with Crippen molar-refractivity contribution in [2.75, 3.05) is 7.11 Å². The molecule has 1 aromatic heterocycles. The number of aliphatic hydroxyl groups excluding tert-OH is 2. The molecule has 3 heterocycles. The molecule has 1 aromatic rings. The van der Waals surface area contributed by atoms with Gasteiger partial charge in [-0.2, -0.15) is 0 Å². The molecule has 0 spiro atoms. The van der Waals surface area contributed by atoms with E-state index in [-0.39, 0.29) is 43.1 Å². The number of hydrogen-bond donors (Lipinski definition) is 3. The Hall–Kier alpha value is -3.31. The van der Waals surface area contributed by atoms with Gasteiger partial charge < -0.3 is 33.9 Å². The SMILES string of the molecule is CO[C@@H](/C(C)=C/C=C/C(C)=C\c1coc(C)n1)[C@@H](C)[C@@H]1C[C@H](O)[C@@]2(C)O[C@@H]2C=C[C@@H](C)[C@H](O)C[C@H](CC(=O)O)CC=CC(=O)O1. The number of ether oxygens (including phenoxy) is 3. The van der Waals surface area contributed by atoms with Gasteiger partial charge in [-0.1, -0.05) is 50.3 Å². The van der Waals surface area contributed by atoms with Crippen molar-refractivity contribution in [2.24, 2.45) is 17.8 Å². The van der Waals surface area contributed by atoms with Crippen molar-refractivity contribution in [1.29, 1.82) is 0 Å². The first kappa shape index (κ1) is 36.2. The molecule has 2 aliphatic rings. The molecule has 10 nitrogen and oxygen atoms in total. The summed E-state index contributed by atoms with van der Waals surface area (Å²) in [4.78, 5) is 28.8. The van der Waals surface area contributed by atoms with Crippen molar-refractivity contribution in [3.05, 3.63) is 71.5 Å². The van der Waals surface area contributed by atoms with Gasteiger partial charge in [-0.3, -0.25) is 4.79 Å². The molecule has 3 rings (SSSR count). The quantitative estimate of drug-likeness (QED) is 0.141. The highest BCUT2D eigenvalue weighted by Gasteiger charge is 2.56. The van der Waals surface area contributed by atoms with Gasteiger partial charge in [-0.15, -0.1) is 0 Å². The molecule has 0 unspecified atom stereocenters. The molecule has 2 aliphatic heterocycles. The molecule has 1 saturated heterocycles. The van der Waals surface area contributed by atoms with E-state index in [0.717, 1.165) is 16.8 Å². The topological polar surface area (TPSA) is 152 Å². The summed E-state index contributed by atoms with van der Waals surface area (Å²) in [5, 5.41) is 31.4. The molecular weight excluding hydrogens is 578 g/mol. The van der Waals surface area contributed by atoms with Crippen LogP contribution in [-0.4, -0.2) is 75.5 Å². The number of aromatic nitrogens is 1. The summed E-state index contributed by atoms with van der Waals surface area (Å²) in [7, 11) is 1.60. The van der Waals surface area contributed by atoms with Crippen LogP contribution in [0.3, 0.4) is 0 Å². The Morgan fingerprint density at radius 1 is 1.24 bits per heavy atom. The lowest BCUT2D eigenvalue weighted by molar-refractivity contribution is -0.150. The summed E-state index contributed by atoms with van der Waals surface area (Å²) in [5.74, 6) is -1.92. The van der Waals surface area contributed by atoms with E-state index in [4.69, 9.17) is 18.6 Å². The number of carbonyl (C=O) groups excluding carboxylic acids is 1. The van der Waals surface area contributed by atoms with Crippen LogP contribution in [0.2, 0.25) is 0 Å². The van der Waals surface area contributed by atoms with E-state index >= 15 is 0 Å². The second-order valence-electron chi connectivity index (χ2n) is 12.6. The van der Waals surface area contributed by atoms with Crippen molar-refractivity contribution in [3.8, 4) is 0 Å². The van der Waals surface area contributed by atoms with Gasteiger partial charge in [0.25, 0.3) is 0 Å². The van der Waals surface area contributed by atoms with Crippen molar-refractivity contribution >= 4 is 18.0 Å². The van der Waals surface area contributed by atoms with Crippen LogP contribution in [0.25, 0.3) is 6.08 Å². The van der Waals surface area contributed by atoms with Gasteiger partial charge in [0.2, 0.25) is 0 Å². The average Bonchev–Trinajstić information content (AvgIpc) is 3.47.